The quantitative estimate of drug-likeness (QED) is 0.0274. The van der Waals surface area contributed by atoms with Gasteiger partial charge in [-0.1, -0.05) is 212 Å². The minimum atomic E-state index is -5.09. The Morgan fingerprint density at radius 2 is 0.771 bits per heavy atom. The molecule has 0 bridgehead atoms. The van der Waals surface area contributed by atoms with Gasteiger partial charge in [-0.3, -0.25) is 22.5 Å². The Morgan fingerprint density at radius 3 is 1.08 bits per heavy atom. The maximum Gasteiger partial charge on any atom is 0.102 e. The van der Waals surface area contributed by atoms with E-state index in [1.54, 1.807) is 85.6 Å². The summed E-state index contributed by atoms with van der Waals surface area (Å²) >= 11 is 5.17. The van der Waals surface area contributed by atoms with E-state index in [2.05, 4.69) is 194 Å². The number of rotatable bonds is 17. The third-order valence-corrected chi connectivity index (χ3v) is 21.8. The van der Waals surface area contributed by atoms with Crippen molar-refractivity contribution in [3.8, 4) is 79.2 Å². The molecule has 1 saturated carbocycles. The topological polar surface area (TPSA) is 197 Å². The average molecular weight is 2970 g/mol. The van der Waals surface area contributed by atoms with E-state index in [4.69, 9.17) is 30.8 Å². The first-order valence-corrected chi connectivity index (χ1v) is 47.1. The van der Waals surface area contributed by atoms with Crippen molar-refractivity contribution in [1.29, 1.82) is 5.26 Å². The SMILES string of the molecule is CCO[PH+](OCC)OCC.FC(F)(F)Oc1c[c-]c(-c2ccccn2)c(OC(F)(F)F)c1.FC(F)(F)c1c[c-]c(-c2ccccn2)c(C(F)(F)F)c1.FC(F)(F)c1c[c-]c(-c2ccccn2)cc1.Fc1c[c-]c(-c2ccccn2)c(F)c1.Fc1c[c-]c(-c2ccccn2)c(F)c1.[C-]#N.[CH2-]C1CCCCC1.[Cl][Ir+2].[Ir].[Ir].[Ir].[Ir].[N-]=C=S.c1ccc(-c2ccn[n-]2)nc1.c1ccc([PH+](c2ccccc2)c2ccccc2)cc1. The van der Waals surface area contributed by atoms with E-state index in [-0.39, 0.29) is 115 Å². The number of ether oxygens (including phenoxy) is 2. The molecule has 0 unspecified atom stereocenters. The van der Waals surface area contributed by atoms with E-state index in [0.29, 0.717) is 54.6 Å². The molecule has 0 amide bonds. The van der Waals surface area contributed by atoms with Crippen LogP contribution in [-0.2, 0) is 130 Å². The molecule has 4 radical (unpaired) electrons. The standard InChI is InChI=1S/C18H15P.C13H6F6NO2.C13H6F6N.C12H7F3N.2C11H6F2N.C8H6N3.C7H13.C6H16O3P.CNS.CN.ClH.5Ir/c1-4-10-16(11-5-1)19(17-12-6-2-7-13-17)18-14-8-3-9-15-18;14-12(15,16)21-8-4-5-9(10-3-1-2-6-20-10)11(7-8)22-13(17,18)19;14-12(15,16)8-4-5-9(10(7-8)13(17,18)19)11-3-1-2-6-20-11;13-12(14,15)10-6-4-9(5-7-10)11-3-1-2-8-16-11;2*12-8-4-5-9(10(13)7-8)11-3-1-2-6-14-11;1-2-5-9-7(3-1)8-4-6-10-11-8;1-7-5-3-2-4-6-7;1-4-7-10(8-5-2)9-6-3;2-1-3;1-2;;;;;;/h1-15H;1-4,6-7H;1-4,6-7H;1-4,6-8H;2*1-4,6-7H;1-6H;7H,1-6H2;10H,4-6H2,1-3H3;;;1H;;;;;/q;7*-1;+1;2*-1;;;;;;+3. The van der Waals surface area contributed by atoms with Gasteiger partial charge in [0, 0.05) is 164 Å². The van der Waals surface area contributed by atoms with E-state index in [1.807, 2.05) is 51.1 Å². The molecule has 8 aromatic carbocycles. The van der Waals surface area contributed by atoms with E-state index in [9.17, 15) is 83.4 Å². The first-order chi connectivity index (χ1) is 67.0. The minimum absolute atomic E-state index is 0. The van der Waals surface area contributed by atoms with Crippen LogP contribution in [0.15, 0.2) is 316 Å². The minimum Gasteiger partial charge on any atom is -0.753 e. The molecule has 1 aliphatic carbocycles. The second-order valence-corrected chi connectivity index (χ2v) is 31.3. The van der Waals surface area contributed by atoms with Crippen LogP contribution in [0.3, 0.4) is 0 Å². The van der Waals surface area contributed by atoms with E-state index in [1.165, 1.54) is 126 Å². The van der Waals surface area contributed by atoms with Crippen molar-refractivity contribution in [1.82, 2.24) is 40.1 Å². The number of thiocarbonyl (C=S) groups is 1. The Hall–Kier alpha value is -10.3. The van der Waals surface area contributed by atoms with Crippen molar-refractivity contribution in [2.75, 3.05) is 19.8 Å². The second-order valence-electron chi connectivity index (χ2n) is 27.2. The van der Waals surface area contributed by atoms with Crippen LogP contribution in [0.1, 0.15) is 69.6 Å². The van der Waals surface area contributed by atoms with Gasteiger partial charge in [0.25, 0.3) is 0 Å². The van der Waals surface area contributed by atoms with Crippen LogP contribution in [0.2, 0.25) is 0 Å². The Labute approximate surface area is 896 Å². The molecular weight excluding hydrogens is 2880 g/mol. The fourth-order valence-electron chi connectivity index (χ4n) is 11.6. The van der Waals surface area contributed by atoms with Crippen LogP contribution in [0.4, 0.5) is 83.4 Å². The molecule has 43 heteroatoms. The fourth-order valence-corrected chi connectivity index (χ4v) is 15.2. The largest absolute Gasteiger partial charge is 0.753 e. The molecule has 7 heterocycles. The summed E-state index contributed by atoms with van der Waals surface area (Å²) in [6.07, 6.45) is -6.56. The molecule has 7 aromatic heterocycles. The van der Waals surface area contributed by atoms with Crippen LogP contribution in [-0.4, -0.2) is 72.7 Å². The van der Waals surface area contributed by atoms with Gasteiger partial charge in [0.2, 0.25) is 0 Å². The molecule has 144 heavy (non-hydrogen) atoms. The summed E-state index contributed by atoms with van der Waals surface area (Å²) in [5, 5.41) is 26.6. The Bertz CT molecular complexity index is 5820. The molecule has 0 N–H and O–H groups in total. The number of hydrogen-bond donors (Lipinski definition) is 0. The van der Waals surface area contributed by atoms with Crippen molar-refractivity contribution in [3.05, 3.63) is 406 Å². The fraction of sp³-hybridized carbons (Fsp3) is 0.168. The van der Waals surface area contributed by atoms with Gasteiger partial charge in [-0.2, -0.15) is 64.2 Å². The number of aromatic nitrogens is 8. The summed E-state index contributed by atoms with van der Waals surface area (Å²) in [4.78, 5) is 23.5. The van der Waals surface area contributed by atoms with Crippen molar-refractivity contribution in [2.45, 2.75) is 84.1 Å². The first-order valence-electron chi connectivity index (χ1n) is 41.0. The zero-order chi connectivity index (χ0) is 103. The van der Waals surface area contributed by atoms with Crippen LogP contribution in [0, 0.1) is 78.3 Å². The van der Waals surface area contributed by atoms with Crippen LogP contribution in [0.25, 0.3) is 73.1 Å². The molecule has 0 saturated heterocycles. The summed E-state index contributed by atoms with van der Waals surface area (Å²) in [5.41, 5.74) is -0.176. The molecule has 0 spiro atoms. The summed E-state index contributed by atoms with van der Waals surface area (Å²) in [6.45, 7) is 16.5. The van der Waals surface area contributed by atoms with Crippen LogP contribution < -0.4 is 30.5 Å². The van der Waals surface area contributed by atoms with Gasteiger partial charge >= 0.3 is 67.3 Å². The van der Waals surface area contributed by atoms with Gasteiger partial charge in [-0.05, 0) is 145 Å². The number of hydrogen-bond acceptors (Lipinski definition) is 14. The molecule has 15 aromatic rings. The van der Waals surface area contributed by atoms with E-state index in [0.717, 1.165) is 59.8 Å². The summed E-state index contributed by atoms with van der Waals surface area (Å²) in [7, 11) is 2.36. The normalized spacial score (nSPS) is 11.1. The molecular formula is C101H82ClF19Ir5N10O5P2S-5. The predicted molar refractivity (Wildman–Crippen MR) is 500 cm³/mol. The number of pyridine rings is 6. The van der Waals surface area contributed by atoms with Gasteiger partial charge in [0.15, 0.2) is 0 Å². The van der Waals surface area contributed by atoms with Gasteiger partial charge in [0.1, 0.15) is 15.9 Å². The van der Waals surface area contributed by atoms with Crippen molar-refractivity contribution >= 4 is 59.4 Å². The van der Waals surface area contributed by atoms with Crippen LogP contribution in [0.5, 0.6) is 11.5 Å². The summed E-state index contributed by atoms with van der Waals surface area (Å²) in [6, 6.07) is 84.9. The number of isothiocyanates is 1. The zero-order valence-corrected chi connectivity index (χ0v) is 90.7. The molecule has 16 rings (SSSR count). The molecule has 15 nitrogen and oxygen atoms in total. The third-order valence-electron chi connectivity index (χ3n) is 17.5. The summed E-state index contributed by atoms with van der Waals surface area (Å²) in [5.74, 6) is -3.56. The summed E-state index contributed by atoms with van der Waals surface area (Å²) < 4.78 is 261. The monoisotopic (exact) mass is 2970 g/mol. The van der Waals surface area contributed by atoms with Gasteiger partial charge in [-0.25, -0.2) is 0 Å². The van der Waals surface area contributed by atoms with Crippen molar-refractivity contribution in [2.24, 2.45) is 5.92 Å². The van der Waals surface area contributed by atoms with Crippen LogP contribution >= 0.6 is 38.3 Å². The van der Waals surface area contributed by atoms with Gasteiger partial charge < -0.3 is 68.8 Å². The third kappa shape index (κ3) is 50.2. The predicted octanol–water partition coefficient (Wildman–Crippen LogP) is 28.3. The maximum absolute atomic E-state index is 13.2. The first kappa shape index (κ1) is 132. The van der Waals surface area contributed by atoms with Crippen molar-refractivity contribution < 1.29 is 205 Å². The average Bonchev–Trinajstić information content (AvgIpc) is 0.829. The molecule has 1 fully saturated rings. The zero-order valence-electron chi connectivity index (χ0n) is 75.1. The number of halogens is 20. The molecule has 1 aliphatic rings. The van der Waals surface area contributed by atoms with Gasteiger partial charge in [-0.15, -0.1) is 116 Å². The Kier molecular flexibility index (Phi) is 65.2. The number of benzene rings is 8. The number of alkyl halides is 15. The molecule has 0 atom stereocenters. The van der Waals surface area contributed by atoms with Crippen molar-refractivity contribution in [3.63, 3.8) is 0 Å². The molecule has 0 aliphatic heterocycles. The Morgan fingerprint density at radius 1 is 0.424 bits per heavy atom. The second kappa shape index (κ2) is 71.3. The van der Waals surface area contributed by atoms with E-state index >= 15 is 0 Å². The number of nitrogens with zero attached hydrogens (tertiary/aromatic N) is 10. The molecule has 772 valence electrons. The van der Waals surface area contributed by atoms with Gasteiger partial charge in [0.05, 0.1) is 27.7 Å². The Balaban J connectivity index is 0.000000811. The van der Waals surface area contributed by atoms with E-state index < -0.39 is 105 Å². The maximum atomic E-state index is 13.2. The smallest absolute Gasteiger partial charge is 0.102 e.